The van der Waals surface area contributed by atoms with Gasteiger partial charge in [-0.2, -0.15) is 0 Å². The zero-order valence-electron chi connectivity index (χ0n) is 12.5. The van der Waals surface area contributed by atoms with Gasteiger partial charge in [0.05, 0.1) is 0 Å². The fourth-order valence-electron chi connectivity index (χ4n) is 3.63. The maximum absolute atomic E-state index is 12.9. The van der Waals surface area contributed by atoms with E-state index in [0.29, 0.717) is 31.0 Å². The Morgan fingerprint density at radius 3 is 2.48 bits per heavy atom. The molecule has 2 aliphatic heterocycles. The third kappa shape index (κ3) is 3.43. The Kier molecular flexibility index (Phi) is 4.24. The van der Waals surface area contributed by atoms with Crippen LogP contribution in [0.25, 0.3) is 0 Å². The van der Waals surface area contributed by atoms with E-state index >= 15 is 0 Å². The molecule has 1 unspecified atom stereocenters. The number of amides is 1. The second-order valence-corrected chi connectivity index (χ2v) is 6.39. The monoisotopic (exact) mass is 290 g/mol. The highest BCUT2D eigenvalue weighted by molar-refractivity contribution is 5.76. The van der Waals surface area contributed by atoms with Crippen molar-refractivity contribution in [1.29, 1.82) is 0 Å². The lowest BCUT2D eigenvalue weighted by Crippen LogP contribution is -2.48. The molecule has 3 atom stereocenters. The molecule has 0 aliphatic carbocycles. The Morgan fingerprint density at radius 2 is 1.86 bits per heavy atom. The van der Waals surface area contributed by atoms with Gasteiger partial charge in [-0.3, -0.25) is 4.79 Å². The molecular weight excluding hydrogens is 267 g/mol. The minimum atomic E-state index is -0.229. The fraction of sp³-hybridized carbons (Fsp3) is 0.588. The van der Waals surface area contributed by atoms with Crippen LogP contribution >= 0.6 is 0 Å². The predicted octanol–water partition coefficient (Wildman–Crippen LogP) is 2.50. The average Bonchev–Trinajstić information content (AvgIpc) is 2.84. The molecule has 2 heterocycles. The van der Waals surface area contributed by atoms with Crippen molar-refractivity contribution in [2.24, 2.45) is 0 Å². The molecule has 114 valence electrons. The molecule has 21 heavy (non-hydrogen) atoms. The quantitative estimate of drug-likeness (QED) is 0.924. The minimum absolute atomic E-state index is 0.200. The van der Waals surface area contributed by atoms with Gasteiger partial charge in [0, 0.05) is 31.6 Å². The highest BCUT2D eigenvalue weighted by Crippen LogP contribution is 2.29. The van der Waals surface area contributed by atoms with Crippen LogP contribution in [-0.2, 0) is 11.2 Å². The van der Waals surface area contributed by atoms with Crippen molar-refractivity contribution in [2.75, 3.05) is 7.05 Å². The molecule has 1 N–H and O–H groups in total. The molecule has 0 aromatic heterocycles. The molecule has 3 rings (SSSR count). The molecule has 0 spiro atoms. The number of piperidine rings is 1. The first-order chi connectivity index (χ1) is 10.1. The molecule has 2 bridgehead atoms. The summed E-state index contributed by atoms with van der Waals surface area (Å²) in [6.07, 6.45) is 5.84. The first-order valence-electron chi connectivity index (χ1n) is 7.88. The molecule has 2 aliphatic rings. The third-order valence-electron chi connectivity index (χ3n) is 4.93. The number of fused-ring (bicyclic) bond motifs is 2. The van der Waals surface area contributed by atoms with Gasteiger partial charge in [-0.15, -0.1) is 0 Å². The Hall–Kier alpha value is -1.42. The molecule has 1 aromatic rings. The van der Waals surface area contributed by atoms with E-state index in [-0.39, 0.29) is 11.7 Å². The molecule has 4 heteroatoms. The van der Waals surface area contributed by atoms with Gasteiger partial charge in [0.15, 0.2) is 0 Å². The van der Waals surface area contributed by atoms with Crippen LogP contribution < -0.4 is 5.32 Å². The molecule has 1 aromatic carbocycles. The second-order valence-electron chi connectivity index (χ2n) is 6.39. The highest BCUT2D eigenvalue weighted by Gasteiger charge is 2.36. The van der Waals surface area contributed by atoms with Crippen molar-refractivity contribution in [1.82, 2.24) is 10.2 Å². The molecule has 0 radical (unpaired) electrons. The van der Waals surface area contributed by atoms with E-state index in [1.807, 2.05) is 11.9 Å². The SMILES string of the molecule is CN(C(=O)CCc1ccc(F)cc1)C1C[C@H]2CC[C@@H](C1)N2. The van der Waals surface area contributed by atoms with Crippen LogP contribution in [-0.4, -0.2) is 36.0 Å². The maximum atomic E-state index is 12.9. The van der Waals surface area contributed by atoms with Gasteiger partial charge in [-0.05, 0) is 49.8 Å². The van der Waals surface area contributed by atoms with Crippen molar-refractivity contribution in [3.8, 4) is 0 Å². The summed E-state index contributed by atoms with van der Waals surface area (Å²) in [6.45, 7) is 0. The average molecular weight is 290 g/mol. The Bertz CT molecular complexity index is 490. The van der Waals surface area contributed by atoms with Gasteiger partial charge >= 0.3 is 0 Å². The van der Waals surface area contributed by atoms with E-state index in [0.717, 1.165) is 18.4 Å². The highest BCUT2D eigenvalue weighted by atomic mass is 19.1. The number of nitrogens with one attached hydrogen (secondary N) is 1. The number of aryl methyl sites for hydroxylation is 1. The van der Waals surface area contributed by atoms with Gasteiger partial charge in [-0.1, -0.05) is 12.1 Å². The first kappa shape index (κ1) is 14.5. The van der Waals surface area contributed by atoms with Gasteiger partial charge in [0.1, 0.15) is 5.82 Å². The lowest BCUT2D eigenvalue weighted by Gasteiger charge is -2.35. The number of nitrogens with zero attached hydrogens (tertiary/aromatic N) is 1. The number of carbonyl (C=O) groups is 1. The minimum Gasteiger partial charge on any atom is -0.343 e. The smallest absolute Gasteiger partial charge is 0.222 e. The lowest BCUT2D eigenvalue weighted by atomic mass is 9.98. The summed E-state index contributed by atoms with van der Waals surface area (Å²) in [5.74, 6) is -0.0296. The van der Waals surface area contributed by atoms with E-state index in [9.17, 15) is 9.18 Å². The normalized spacial score (nSPS) is 27.6. The first-order valence-corrected chi connectivity index (χ1v) is 7.88. The predicted molar refractivity (Wildman–Crippen MR) is 80.5 cm³/mol. The molecule has 3 nitrogen and oxygen atoms in total. The fourth-order valence-corrected chi connectivity index (χ4v) is 3.63. The van der Waals surface area contributed by atoms with Crippen LogP contribution in [0.3, 0.4) is 0 Å². The standard InChI is InChI=1S/C17H23FN2O/c1-20(16-10-14-7-8-15(11-16)19-14)17(21)9-4-12-2-5-13(18)6-3-12/h2-3,5-6,14-16,19H,4,7-11H2,1H3/t14-,15+,16?. The summed E-state index contributed by atoms with van der Waals surface area (Å²) in [7, 11) is 1.93. The van der Waals surface area contributed by atoms with Crippen LogP contribution in [0.15, 0.2) is 24.3 Å². The summed E-state index contributed by atoms with van der Waals surface area (Å²) in [4.78, 5) is 14.3. The van der Waals surface area contributed by atoms with Gasteiger partial charge in [-0.25, -0.2) is 4.39 Å². The topological polar surface area (TPSA) is 32.3 Å². The van der Waals surface area contributed by atoms with Crippen LogP contribution in [0.5, 0.6) is 0 Å². The second kappa shape index (κ2) is 6.14. The van der Waals surface area contributed by atoms with Crippen LogP contribution in [0.1, 0.15) is 37.7 Å². The number of benzene rings is 1. The molecule has 2 saturated heterocycles. The summed E-state index contributed by atoms with van der Waals surface area (Å²) in [5.41, 5.74) is 1.02. The van der Waals surface area contributed by atoms with E-state index < -0.39 is 0 Å². The molecular formula is C17H23FN2O. The molecule has 0 saturated carbocycles. The number of rotatable bonds is 4. The number of carbonyl (C=O) groups excluding carboxylic acids is 1. The van der Waals surface area contributed by atoms with Crippen molar-refractivity contribution in [3.63, 3.8) is 0 Å². The summed E-state index contributed by atoms with van der Waals surface area (Å²) < 4.78 is 12.9. The van der Waals surface area contributed by atoms with Crippen molar-refractivity contribution >= 4 is 5.91 Å². The zero-order valence-corrected chi connectivity index (χ0v) is 12.5. The third-order valence-corrected chi connectivity index (χ3v) is 4.93. The van der Waals surface area contributed by atoms with Gasteiger partial charge < -0.3 is 10.2 Å². The lowest BCUT2D eigenvalue weighted by molar-refractivity contribution is -0.132. The van der Waals surface area contributed by atoms with Gasteiger partial charge in [0.25, 0.3) is 0 Å². The molecule has 1 amide bonds. The number of halogens is 1. The van der Waals surface area contributed by atoms with Crippen molar-refractivity contribution in [2.45, 2.75) is 56.7 Å². The summed E-state index contributed by atoms with van der Waals surface area (Å²) in [5, 5.41) is 3.60. The Labute approximate surface area is 125 Å². The maximum Gasteiger partial charge on any atom is 0.222 e. The number of hydrogen-bond acceptors (Lipinski definition) is 2. The Balaban J connectivity index is 1.51. The van der Waals surface area contributed by atoms with Crippen LogP contribution in [0.4, 0.5) is 4.39 Å². The van der Waals surface area contributed by atoms with Gasteiger partial charge in [0.2, 0.25) is 5.91 Å². The zero-order chi connectivity index (χ0) is 14.8. The van der Waals surface area contributed by atoms with E-state index in [1.54, 1.807) is 12.1 Å². The summed E-state index contributed by atoms with van der Waals surface area (Å²) in [6, 6.07) is 8.00. The largest absolute Gasteiger partial charge is 0.343 e. The van der Waals surface area contributed by atoms with E-state index in [1.165, 1.54) is 25.0 Å². The number of hydrogen-bond donors (Lipinski definition) is 1. The summed E-state index contributed by atoms with van der Waals surface area (Å²) >= 11 is 0. The van der Waals surface area contributed by atoms with Crippen LogP contribution in [0, 0.1) is 5.82 Å². The van der Waals surface area contributed by atoms with Crippen LogP contribution in [0.2, 0.25) is 0 Å². The Morgan fingerprint density at radius 1 is 1.24 bits per heavy atom. The van der Waals surface area contributed by atoms with Crippen molar-refractivity contribution in [3.05, 3.63) is 35.6 Å². The van der Waals surface area contributed by atoms with E-state index in [4.69, 9.17) is 0 Å². The van der Waals surface area contributed by atoms with Crippen molar-refractivity contribution < 1.29 is 9.18 Å². The van der Waals surface area contributed by atoms with E-state index in [2.05, 4.69) is 5.32 Å². The molecule has 2 fully saturated rings.